The second-order valence-electron chi connectivity index (χ2n) is 6.56. The van der Waals surface area contributed by atoms with Crippen LogP contribution in [0.1, 0.15) is 5.56 Å². The van der Waals surface area contributed by atoms with Crippen LogP contribution in [-0.2, 0) is 0 Å². The number of halogens is 1. The molecule has 132 valence electrons. The molecule has 0 fully saturated rings. The third-order valence-electron chi connectivity index (χ3n) is 5.00. The first-order valence-corrected chi connectivity index (χ1v) is 8.91. The van der Waals surface area contributed by atoms with Gasteiger partial charge >= 0.3 is 0 Å². The van der Waals surface area contributed by atoms with Gasteiger partial charge in [0.25, 0.3) is 0 Å². The third kappa shape index (κ3) is 2.38. The summed E-state index contributed by atoms with van der Waals surface area (Å²) in [5.74, 6) is -0.556. The minimum Gasteiger partial charge on any atom is -0.309 e. The summed E-state index contributed by atoms with van der Waals surface area (Å²) in [4.78, 5) is 3.80. The third-order valence-corrected chi connectivity index (χ3v) is 5.00. The van der Waals surface area contributed by atoms with E-state index in [1.165, 1.54) is 6.20 Å². The molecule has 0 aliphatic rings. The normalized spacial score (nSPS) is 11.0. The Morgan fingerprint density at radius 1 is 0.786 bits per heavy atom. The Bertz CT molecular complexity index is 1340. The molecule has 0 atom stereocenters. The predicted molar refractivity (Wildman–Crippen MR) is 109 cm³/mol. The lowest BCUT2D eigenvalue weighted by molar-refractivity contribution is 0.587. The molecule has 3 nitrogen and oxygen atoms in total. The molecule has 0 N–H and O–H groups in total. The topological polar surface area (TPSA) is 41.6 Å². The number of hydrogen-bond acceptors (Lipinski definition) is 2. The van der Waals surface area contributed by atoms with Gasteiger partial charge < -0.3 is 4.57 Å². The van der Waals surface area contributed by atoms with Crippen LogP contribution < -0.4 is 0 Å². The number of fused-ring (bicyclic) bond motifs is 3. The van der Waals surface area contributed by atoms with E-state index >= 15 is 0 Å². The van der Waals surface area contributed by atoms with E-state index in [1.807, 2.05) is 30.3 Å². The monoisotopic (exact) mass is 363 g/mol. The summed E-state index contributed by atoms with van der Waals surface area (Å²) in [6.45, 7) is 0. The van der Waals surface area contributed by atoms with Crippen molar-refractivity contribution in [2.45, 2.75) is 0 Å². The van der Waals surface area contributed by atoms with Gasteiger partial charge in [-0.15, -0.1) is 0 Å². The van der Waals surface area contributed by atoms with Gasteiger partial charge in [0.1, 0.15) is 0 Å². The van der Waals surface area contributed by atoms with Crippen LogP contribution in [0.2, 0.25) is 0 Å². The van der Waals surface area contributed by atoms with Gasteiger partial charge in [-0.05, 0) is 42.5 Å². The van der Waals surface area contributed by atoms with Crippen molar-refractivity contribution in [3.63, 3.8) is 0 Å². The van der Waals surface area contributed by atoms with E-state index in [0.717, 1.165) is 27.5 Å². The van der Waals surface area contributed by atoms with Crippen LogP contribution in [-0.4, -0.2) is 9.55 Å². The molecule has 3 aromatic carbocycles. The second kappa shape index (κ2) is 6.33. The zero-order chi connectivity index (χ0) is 19.1. The fraction of sp³-hybridized carbons (Fsp3) is 0. The lowest BCUT2D eigenvalue weighted by atomic mass is 10.0. The van der Waals surface area contributed by atoms with E-state index in [0.29, 0.717) is 16.7 Å². The van der Waals surface area contributed by atoms with Crippen molar-refractivity contribution in [2.75, 3.05) is 0 Å². The molecular weight excluding hydrogens is 349 g/mol. The Labute approximate surface area is 160 Å². The molecule has 0 bridgehead atoms. The van der Waals surface area contributed by atoms with E-state index in [-0.39, 0.29) is 0 Å². The molecule has 0 saturated carbocycles. The number of hydrogen-bond donors (Lipinski definition) is 0. The van der Waals surface area contributed by atoms with Crippen molar-refractivity contribution in [1.29, 1.82) is 5.26 Å². The zero-order valence-corrected chi connectivity index (χ0v) is 14.8. The number of pyridine rings is 1. The Hall–Kier alpha value is -3.97. The molecule has 5 aromatic rings. The van der Waals surface area contributed by atoms with Gasteiger partial charge in [-0.25, -0.2) is 4.98 Å². The first-order chi connectivity index (χ1) is 13.8. The molecule has 0 radical (unpaired) electrons. The number of nitrogens with zero attached hydrogens (tertiary/aromatic N) is 3. The Balaban J connectivity index is 1.94. The van der Waals surface area contributed by atoms with Crippen molar-refractivity contribution >= 4 is 21.8 Å². The molecular formula is C24H14FN3. The van der Waals surface area contributed by atoms with Crippen molar-refractivity contribution < 1.29 is 4.39 Å². The molecule has 2 aromatic heterocycles. The highest BCUT2D eigenvalue weighted by atomic mass is 19.1. The summed E-state index contributed by atoms with van der Waals surface area (Å²) < 4.78 is 16.7. The fourth-order valence-corrected chi connectivity index (χ4v) is 3.79. The van der Waals surface area contributed by atoms with Crippen LogP contribution in [0.4, 0.5) is 4.39 Å². The summed E-state index contributed by atoms with van der Waals surface area (Å²) in [5, 5.41) is 11.6. The van der Waals surface area contributed by atoms with Crippen molar-refractivity contribution in [1.82, 2.24) is 9.55 Å². The number of rotatable bonds is 2. The van der Waals surface area contributed by atoms with Gasteiger partial charge in [0, 0.05) is 28.1 Å². The lowest BCUT2D eigenvalue weighted by Gasteiger charge is -2.14. The Morgan fingerprint density at radius 2 is 1.46 bits per heavy atom. The molecule has 28 heavy (non-hydrogen) atoms. The highest BCUT2D eigenvalue weighted by molar-refractivity contribution is 6.09. The maximum absolute atomic E-state index is 14.6. The lowest BCUT2D eigenvalue weighted by Crippen LogP contribution is -1.99. The van der Waals surface area contributed by atoms with Crippen LogP contribution >= 0.6 is 0 Å². The van der Waals surface area contributed by atoms with Crippen LogP contribution in [0, 0.1) is 17.3 Å². The molecule has 0 aliphatic heterocycles. The molecule has 2 heterocycles. The van der Waals surface area contributed by atoms with Gasteiger partial charge in [-0.3, -0.25) is 0 Å². The average molecular weight is 363 g/mol. The second-order valence-corrected chi connectivity index (χ2v) is 6.56. The van der Waals surface area contributed by atoms with Gasteiger partial charge in [0.15, 0.2) is 0 Å². The van der Waals surface area contributed by atoms with E-state index in [9.17, 15) is 9.65 Å². The summed E-state index contributed by atoms with van der Waals surface area (Å²) >= 11 is 0. The van der Waals surface area contributed by atoms with E-state index in [4.69, 9.17) is 0 Å². The van der Waals surface area contributed by atoms with Crippen LogP contribution in [0.5, 0.6) is 0 Å². The average Bonchev–Trinajstić information content (AvgIpc) is 3.08. The minimum atomic E-state index is -0.556. The molecule has 0 amide bonds. The highest BCUT2D eigenvalue weighted by Gasteiger charge is 2.17. The van der Waals surface area contributed by atoms with E-state index < -0.39 is 5.95 Å². The van der Waals surface area contributed by atoms with Crippen molar-refractivity contribution in [3.8, 4) is 22.9 Å². The van der Waals surface area contributed by atoms with Crippen LogP contribution in [0.3, 0.4) is 0 Å². The van der Waals surface area contributed by atoms with Crippen molar-refractivity contribution in [3.05, 3.63) is 96.6 Å². The van der Waals surface area contributed by atoms with Crippen LogP contribution in [0.15, 0.2) is 85.1 Å². The Morgan fingerprint density at radius 3 is 2.11 bits per heavy atom. The smallest absolute Gasteiger partial charge is 0.220 e. The quantitative estimate of drug-likeness (QED) is 0.369. The fourth-order valence-electron chi connectivity index (χ4n) is 3.79. The summed E-state index contributed by atoms with van der Waals surface area (Å²) in [5.41, 5.74) is 4.34. The van der Waals surface area contributed by atoms with E-state index in [2.05, 4.69) is 39.9 Å². The SMILES string of the molecule is N#Cc1ccc(-n2c3ccccc3c3ccccc32)c(-c2cccnc2F)c1. The molecule has 0 unspecified atom stereocenters. The van der Waals surface area contributed by atoms with Crippen LogP contribution in [0.25, 0.3) is 38.6 Å². The predicted octanol–water partition coefficient (Wildman–Crippen LogP) is 5.86. The van der Waals surface area contributed by atoms with Gasteiger partial charge in [-0.1, -0.05) is 36.4 Å². The summed E-state index contributed by atoms with van der Waals surface area (Å²) in [7, 11) is 0. The molecule has 4 heteroatoms. The maximum atomic E-state index is 14.6. The van der Waals surface area contributed by atoms with Gasteiger partial charge in [0.05, 0.1) is 28.4 Å². The van der Waals surface area contributed by atoms with Gasteiger partial charge in [0.2, 0.25) is 5.95 Å². The van der Waals surface area contributed by atoms with Crippen molar-refractivity contribution in [2.24, 2.45) is 0 Å². The Kier molecular flexibility index (Phi) is 3.67. The maximum Gasteiger partial charge on any atom is 0.220 e. The first kappa shape index (κ1) is 16.2. The zero-order valence-electron chi connectivity index (χ0n) is 14.8. The van der Waals surface area contributed by atoms with E-state index in [1.54, 1.807) is 24.3 Å². The molecule has 0 spiro atoms. The summed E-state index contributed by atoms with van der Waals surface area (Å²) in [6.07, 6.45) is 1.42. The van der Waals surface area contributed by atoms with Gasteiger partial charge in [-0.2, -0.15) is 9.65 Å². The molecule has 0 aliphatic carbocycles. The largest absolute Gasteiger partial charge is 0.309 e. The molecule has 5 rings (SSSR count). The number of nitriles is 1. The summed E-state index contributed by atoms with van der Waals surface area (Å²) in [6, 6.07) is 27.2. The number of benzene rings is 3. The molecule has 0 saturated heterocycles. The first-order valence-electron chi connectivity index (χ1n) is 8.91. The highest BCUT2D eigenvalue weighted by Crippen LogP contribution is 2.36. The minimum absolute atomic E-state index is 0.372. The number of para-hydroxylation sites is 2. The number of aromatic nitrogens is 2. The standard InChI is InChI=1S/C24H14FN3/c25-24-19(8-5-13-27-24)20-14-16(15-26)11-12-23(20)28-21-9-3-1-6-17(21)18-7-2-4-10-22(18)28/h1-14H.